The fraction of sp³-hybridized carbons (Fsp3) is 0.300. The second-order valence-electron chi connectivity index (χ2n) is 2.62. The average Bonchev–Trinajstić information content (AvgIpc) is 1.88. The Hall–Kier alpha value is -1.11. The van der Waals surface area contributed by atoms with Crippen LogP contribution in [0.25, 0.3) is 0 Å². The molecule has 60 valence electrons. The van der Waals surface area contributed by atoms with E-state index in [2.05, 4.69) is 6.58 Å². The third-order valence-corrected chi connectivity index (χ3v) is 1.45. The maximum atomic E-state index is 10.5. The van der Waals surface area contributed by atoms with E-state index >= 15 is 0 Å². The minimum absolute atomic E-state index is 0.768. The Labute approximate surface area is 68.1 Å². The largest absolute Gasteiger partial charge is 0.298 e. The van der Waals surface area contributed by atoms with Gasteiger partial charge in [-0.1, -0.05) is 24.3 Å². The first-order chi connectivity index (χ1) is 5.13. The minimum Gasteiger partial charge on any atom is -0.298 e. The fourth-order valence-electron chi connectivity index (χ4n) is 0.872. The van der Waals surface area contributed by atoms with E-state index < -0.39 is 0 Å². The molecule has 0 aromatic heterocycles. The van der Waals surface area contributed by atoms with Gasteiger partial charge in [0.05, 0.1) is 0 Å². The first kappa shape index (κ1) is 9.89. The van der Waals surface area contributed by atoms with Crippen molar-refractivity contribution in [2.45, 2.75) is 20.8 Å². The number of aldehydes is 1. The molecule has 0 saturated carbocycles. The van der Waals surface area contributed by atoms with Gasteiger partial charge >= 0.3 is 0 Å². The van der Waals surface area contributed by atoms with Crippen LogP contribution in [0.15, 0.2) is 35.5 Å². The van der Waals surface area contributed by atoms with Crippen LogP contribution in [0.5, 0.6) is 0 Å². The van der Waals surface area contributed by atoms with Crippen molar-refractivity contribution in [3.05, 3.63) is 35.5 Å². The van der Waals surface area contributed by atoms with Crippen LogP contribution in [0.1, 0.15) is 20.8 Å². The Kier molecular flexibility index (Phi) is 4.20. The van der Waals surface area contributed by atoms with E-state index in [1.807, 2.05) is 26.8 Å². The molecule has 0 heterocycles. The van der Waals surface area contributed by atoms with Gasteiger partial charge in [0.2, 0.25) is 0 Å². The number of carbonyl (C=O) groups is 1. The van der Waals surface area contributed by atoms with Gasteiger partial charge in [-0.05, 0) is 26.3 Å². The molecule has 0 amide bonds. The summed E-state index contributed by atoms with van der Waals surface area (Å²) in [6.45, 7) is 9.30. The Morgan fingerprint density at radius 3 is 2.09 bits per heavy atom. The molecular formula is C10H14O. The molecule has 0 atom stereocenters. The number of rotatable bonds is 3. The van der Waals surface area contributed by atoms with Gasteiger partial charge in [0.1, 0.15) is 6.29 Å². The summed E-state index contributed by atoms with van der Waals surface area (Å²) < 4.78 is 0. The van der Waals surface area contributed by atoms with Gasteiger partial charge in [-0.3, -0.25) is 4.79 Å². The Morgan fingerprint density at radius 2 is 1.82 bits per heavy atom. The van der Waals surface area contributed by atoms with Crippen LogP contribution >= 0.6 is 0 Å². The predicted molar refractivity (Wildman–Crippen MR) is 48.4 cm³/mol. The number of hydrogen-bond acceptors (Lipinski definition) is 1. The first-order valence-electron chi connectivity index (χ1n) is 3.55. The number of carbonyl (C=O) groups excluding carboxylic acids is 1. The molecule has 0 fully saturated rings. The summed E-state index contributed by atoms with van der Waals surface area (Å²) in [4.78, 5) is 10.5. The van der Waals surface area contributed by atoms with Gasteiger partial charge < -0.3 is 0 Å². The monoisotopic (exact) mass is 150 g/mol. The first-order valence-corrected chi connectivity index (χ1v) is 3.55. The van der Waals surface area contributed by atoms with E-state index in [4.69, 9.17) is 0 Å². The molecule has 0 aromatic carbocycles. The van der Waals surface area contributed by atoms with Gasteiger partial charge in [-0.2, -0.15) is 0 Å². The zero-order valence-corrected chi connectivity index (χ0v) is 7.35. The molecule has 0 saturated heterocycles. The van der Waals surface area contributed by atoms with Gasteiger partial charge in [0.15, 0.2) is 0 Å². The normalized spacial score (nSPS) is 10.6. The minimum atomic E-state index is 0.768. The molecule has 0 bridgehead atoms. The van der Waals surface area contributed by atoms with E-state index in [-0.39, 0.29) is 0 Å². The lowest BCUT2D eigenvalue weighted by molar-refractivity contribution is -0.104. The molecule has 11 heavy (non-hydrogen) atoms. The van der Waals surface area contributed by atoms with Crippen LogP contribution in [0.3, 0.4) is 0 Å². The summed E-state index contributed by atoms with van der Waals surface area (Å²) >= 11 is 0. The molecule has 0 N–H and O–H groups in total. The lowest BCUT2D eigenvalue weighted by Gasteiger charge is -2.00. The van der Waals surface area contributed by atoms with Crippen molar-refractivity contribution >= 4 is 6.29 Å². The topological polar surface area (TPSA) is 17.1 Å². The van der Waals surface area contributed by atoms with Crippen molar-refractivity contribution in [3.63, 3.8) is 0 Å². The maximum Gasteiger partial charge on any atom is 0.150 e. The van der Waals surface area contributed by atoms with Crippen LogP contribution in [0.2, 0.25) is 0 Å². The van der Waals surface area contributed by atoms with Crippen LogP contribution < -0.4 is 0 Å². The zero-order valence-electron chi connectivity index (χ0n) is 7.35. The second-order valence-corrected chi connectivity index (χ2v) is 2.62. The molecule has 0 aliphatic heterocycles. The molecule has 0 aliphatic carbocycles. The average molecular weight is 150 g/mol. The van der Waals surface area contributed by atoms with Crippen molar-refractivity contribution in [1.29, 1.82) is 0 Å². The molecule has 1 heteroatoms. The predicted octanol–water partition coefficient (Wildman–Crippen LogP) is 2.65. The van der Waals surface area contributed by atoms with Crippen LogP contribution in [-0.2, 0) is 4.79 Å². The highest BCUT2D eigenvalue weighted by Crippen LogP contribution is 2.11. The van der Waals surface area contributed by atoms with Crippen molar-refractivity contribution in [1.82, 2.24) is 0 Å². The highest BCUT2D eigenvalue weighted by Gasteiger charge is 1.98. The number of allylic oxidation sites excluding steroid dienone is 5. The molecule has 0 aromatic rings. The lowest BCUT2D eigenvalue weighted by atomic mass is 10.0. The van der Waals surface area contributed by atoms with Gasteiger partial charge in [0.25, 0.3) is 0 Å². The van der Waals surface area contributed by atoms with E-state index in [9.17, 15) is 4.79 Å². The molecule has 0 rings (SSSR count). The fourth-order valence-corrected chi connectivity index (χ4v) is 0.872. The standard InChI is InChI=1S/C10H14O/c1-5-6-9(4)10(7-11)8(2)3/h5-7H,1H2,2-4H3. The van der Waals surface area contributed by atoms with Crippen molar-refractivity contribution in [2.24, 2.45) is 0 Å². The third-order valence-electron chi connectivity index (χ3n) is 1.45. The molecular weight excluding hydrogens is 136 g/mol. The van der Waals surface area contributed by atoms with E-state index in [1.54, 1.807) is 6.08 Å². The Balaban J connectivity index is 4.81. The van der Waals surface area contributed by atoms with Crippen LogP contribution in [-0.4, -0.2) is 6.29 Å². The van der Waals surface area contributed by atoms with Gasteiger partial charge in [-0.25, -0.2) is 0 Å². The van der Waals surface area contributed by atoms with Crippen molar-refractivity contribution < 1.29 is 4.79 Å². The summed E-state index contributed by atoms with van der Waals surface area (Å²) in [7, 11) is 0. The third kappa shape index (κ3) is 2.99. The zero-order chi connectivity index (χ0) is 8.85. The van der Waals surface area contributed by atoms with E-state index in [0.29, 0.717) is 0 Å². The summed E-state index contributed by atoms with van der Waals surface area (Å²) in [6, 6.07) is 0. The van der Waals surface area contributed by atoms with E-state index in [0.717, 1.165) is 23.0 Å². The highest BCUT2D eigenvalue weighted by atomic mass is 16.1. The molecule has 0 radical (unpaired) electrons. The van der Waals surface area contributed by atoms with Crippen molar-refractivity contribution in [2.75, 3.05) is 0 Å². The highest BCUT2D eigenvalue weighted by molar-refractivity contribution is 5.81. The summed E-state index contributed by atoms with van der Waals surface area (Å²) in [5.74, 6) is 0. The lowest BCUT2D eigenvalue weighted by Crippen LogP contribution is -1.89. The van der Waals surface area contributed by atoms with Crippen LogP contribution in [0, 0.1) is 0 Å². The van der Waals surface area contributed by atoms with Crippen molar-refractivity contribution in [3.8, 4) is 0 Å². The Morgan fingerprint density at radius 1 is 1.27 bits per heavy atom. The van der Waals surface area contributed by atoms with E-state index in [1.165, 1.54) is 0 Å². The Bertz CT molecular complexity index is 215. The number of hydrogen-bond donors (Lipinski definition) is 0. The summed E-state index contributed by atoms with van der Waals surface area (Å²) in [5.41, 5.74) is 2.77. The van der Waals surface area contributed by atoms with Gasteiger partial charge in [0, 0.05) is 5.57 Å². The second kappa shape index (κ2) is 4.67. The SMILES string of the molecule is C=CC=C(C)C(C=O)=C(C)C. The molecule has 0 aliphatic rings. The molecule has 0 unspecified atom stereocenters. The molecule has 0 spiro atoms. The smallest absolute Gasteiger partial charge is 0.150 e. The van der Waals surface area contributed by atoms with Gasteiger partial charge in [-0.15, -0.1) is 0 Å². The molecule has 1 nitrogen and oxygen atoms in total. The quantitative estimate of drug-likeness (QED) is 0.343. The maximum absolute atomic E-state index is 10.5. The van der Waals surface area contributed by atoms with Crippen LogP contribution in [0.4, 0.5) is 0 Å². The summed E-state index contributed by atoms with van der Waals surface area (Å²) in [5, 5.41) is 0. The summed E-state index contributed by atoms with van der Waals surface area (Å²) in [6.07, 6.45) is 4.39.